The Bertz CT molecular complexity index is 805. The molecule has 25 heavy (non-hydrogen) atoms. The average molecular weight is 354 g/mol. The van der Waals surface area contributed by atoms with E-state index in [2.05, 4.69) is 0 Å². The van der Waals surface area contributed by atoms with Crippen LogP contribution in [0, 0.1) is 0 Å². The van der Waals surface area contributed by atoms with Crippen molar-refractivity contribution in [3.05, 3.63) is 70.6 Å². The highest BCUT2D eigenvalue weighted by atomic mass is 32.2. The molecule has 6 heteroatoms. The van der Waals surface area contributed by atoms with Gasteiger partial charge in [0.15, 0.2) is 0 Å². The van der Waals surface area contributed by atoms with Gasteiger partial charge in [-0.05, 0) is 29.5 Å². The van der Waals surface area contributed by atoms with E-state index in [1.54, 1.807) is 6.08 Å². The van der Waals surface area contributed by atoms with E-state index in [1.807, 2.05) is 54.6 Å². The van der Waals surface area contributed by atoms with Gasteiger partial charge in [0, 0.05) is 18.7 Å². The van der Waals surface area contributed by atoms with Gasteiger partial charge in [0.25, 0.3) is 11.1 Å². The zero-order chi connectivity index (χ0) is 17.6. The van der Waals surface area contributed by atoms with Crippen molar-refractivity contribution >= 4 is 29.0 Å². The molecular formula is C19H18N2O3S. The van der Waals surface area contributed by atoms with E-state index in [1.165, 1.54) is 4.90 Å². The Labute approximate surface area is 150 Å². The summed E-state index contributed by atoms with van der Waals surface area (Å²) >= 11 is 0.927. The number of para-hydroxylation sites is 1. The molecule has 5 nitrogen and oxygen atoms in total. The molecule has 0 spiro atoms. The molecule has 1 aliphatic rings. The average Bonchev–Trinajstić information content (AvgIpc) is 2.90. The summed E-state index contributed by atoms with van der Waals surface area (Å²) in [7, 11) is 0. The zero-order valence-corrected chi connectivity index (χ0v) is 14.4. The Hall–Kier alpha value is -2.57. The SMILES string of the molecule is NCCN1C(=O)S/C(=C\c2ccccc2OCc2ccccc2)C1=O. The van der Waals surface area contributed by atoms with E-state index in [9.17, 15) is 9.59 Å². The van der Waals surface area contributed by atoms with Crippen LogP contribution in [0.15, 0.2) is 59.5 Å². The number of hydrogen-bond acceptors (Lipinski definition) is 5. The first-order valence-electron chi connectivity index (χ1n) is 7.90. The molecule has 3 rings (SSSR count). The molecule has 0 unspecified atom stereocenters. The van der Waals surface area contributed by atoms with E-state index >= 15 is 0 Å². The number of amides is 2. The molecule has 1 aliphatic heterocycles. The summed E-state index contributed by atoms with van der Waals surface area (Å²) in [6.45, 7) is 0.913. The largest absolute Gasteiger partial charge is 0.488 e. The van der Waals surface area contributed by atoms with Crippen LogP contribution < -0.4 is 10.5 Å². The maximum absolute atomic E-state index is 12.3. The summed E-state index contributed by atoms with van der Waals surface area (Å²) in [4.78, 5) is 25.8. The fraction of sp³-hybridized carbons (Fsp3) is 0.158. The molecule has 1 fully saturated rings. The normalized spacial score (nSPS) is 15.9. The second kappa shape index (κ2) is 8.00. The van der Waals surface area contributed by atoms with Crippen molar-refractivity contribution in [2.45, 2.75) is 6.61 Å². The lowest BCUT2D eigenvalue weighted by Crippen LogP contribution is -2.33. The highest BCUT2D eigenvalue weighted by molar-refractivity contribution is 8.18. The number of carbonyl (C=O) groups is 2. The second-order valence-electron chi connectivity index (χ2n) is 5.43. The third-order valence-electron chi connectivity index (χ3n) is 3.67. The quantitative estimate of drug-likeness (QED) is 0.806. The number of thioether (sulfide) groups is 1. The fourth-order valence-corrected chi connectivity index (χ4v) is 3.29. The number of carbonyl (C=O) groups excluding carboxylic acids is 2. The highest BCUT2D eigenvalue weighted by Crippen LogP contribution is 2.33. The molecule has 2 amide bonds. The number of benzene rings is 2. The molecular weight excluding hydrogens is 336 g/mol. The van der Waals surface area contributed by atoms with Crippen LogP contribution in [-0.4, -0.2) is 29.1 Å². The monoisotopic (exact) mass is 354 g/mol. The van der Waals surface area contributed by atoms with Crippen molar-refractivity contribution in [2.75, 3.05) is 13.1 Å². The smallest absolute Gasteiger partial charge is 0.293 e. The van der Waals surface area contributed by atoms with Crippen LogP contribution in [0.5, 0.6) is 5.75 Å². The van der Waals surface area contributed by atoms with Gasteiger partial charge in [-0.2, -0.15) is 0 Å². The van der Waals surface area contributed by atoms with Crippen LogP contribution in [0.2, 0.25) is 0 Å². The predicted molar refractivity (Wildman–Crippen MR) is 98.9 cm³/mol. The standard InChI is InChI=1S/C19H18N2O3S/c20-10-11-21-18(22)17(25-19(21)23)12-15-8-4-5-9-16(15)24-13-14-6-2-1-3-7-14/h1-9,12H,10-11,13,20H2/b17-12-. The zero-order valence-electron chi connectivity index (χ0n) is 13.6. The number of nitrogens with two attached hydrogens (primary N) is 1. The van der Waals surface area contributed by atoms with Crippen LogP contribution >= 0.6 is 11.8 Å². The highest BCUT2D eigenvalue weighted by Gasteiger charge is 2.34. The van der Waals surface area contributed by atoms with Gasteiger partial charge in [-0.25, -0.2) is 0 Å². The maximum atomic E-state index is 12.3. The minimum Gasteiger partial charge on any atom is -0.488 e. The molecule has 1 heterocycles. The van der Waals surface area contributed by atoms with Crippen molar-refractivity contribution in [1.82, 2.24) is 4.90 Å². The van der Waals surface area contributed by atoms with Crippen molar-refractivity contribution in [1.29, 1.82) is 0 Å². The van der Waals surface area contributed by atoms with Gasteiger partial charge in [-0.3, -0.25) is 14.5 Å². The molecule has 1 saturated heterocycles. The lowest BCUT2D eigenvalue weighted by molar-refractivity contribution is -0.122. The lowest BCUT2D eigenvalue weighted by Gasteiger charge is -2.10. The summed E-state index contributed by atoms with van der Waals surface area (Å²) in [5.41, 5.74) is 7.27. The molecule has 2 aromatic rings. The minimum atomic E-state index is -0.307. The Morgan fingerprint density at radius 1 is 1.04 bits per heavy atom. The van der Waals surface area contributed by atoms with Crippen LogP contribution in [0.4, 0.5) is 4.79 Å². The number of nitrogens with zero attached hydrogens (tertiary/aromatic N) is 1. The van der Waals surface area contributed by atoms with E-state index < -0.39 is 0 Å². The Kier molecular flexibility index (Phi) is 5.53. The number of hydrogen-bond donors (Lipinski definition) is 1. The first-order valence-corrected chi connectivity index (χ1v) is 8.72. The van der Waals surface area contributed by atoms with Crippen LogP contribution in [0.1, 0.15) is 11.1 Å². The molecule has 0 aliphatic carbocycles. The summed E-state index contributed by atoms with van der Waals surface area (Å²) < 4.78 is 5.89. The van der Waals surface area contributed by atoms with Gasteiger partial charge in [-0.1, -0.05) is 48.5 Å². The third kappa shape index (κ3) is 4.10. The molecule has 0 aromatic heterocycles. The van der Waals surface area contributed by atoms with E-state index in [-0.39, 0.29) is 24.2 Å². The summed E-state index contributed by atoms with van der Waals surface area (Å²) in [6, 6.07) is 17.3. The van der Waals surface area contributed by atoms with Crippen molar-refractivity contribution in [3.8, 4) is 5.75 Å². The Morgan fingerprint density at radius 2 is 1.76 bits per heavy atom. The topological polar surface area (TPSA) is 72.6 Å². The summed E-state index contributed by atoms with van der Waals surface area (Å²) in [5.74, 6) is 0.357. The summed E-state index contributed by atoms with van der Waals surface area (Å²) in [5, 5.41) is -0.288. The van der Waals surface area contributed by atoms with Crippen molar-refractivity contribution < 1.29 is 14.3 Å². The van der Waals surface area contributed by atoms with Gasteiger partial charge in [0.2, 0.25) is 0 Å². The Morgan fingerprint density at radius 3 is 2.52 bits per heavy atom. The van der Waals surface area contributed by atoms with Gasteiger partial charge in [0.1, 0.15) is 12.4 Å². The molecule has 0 radical (unpaired) electrons. The van der Waals surface area contributed by atoms with Gasteiger partial charge < -0.3 is 10.5 Å². The van der Waals surface area contributed by atoms with Crippen LogP contribution in [0.25, 0.3) is 6.08 Å². The number of ether oxygens (including phenoxy) is 1. The van der Waals surface area contributed by atoms with Crippen molar-refractivity contribution in [3.63, 3.8) is 0 Å². The van der Waals surface area contributed by atoms with E-state index in [0.29, 0.717) is 17.3 Å². The lowest BCUT2D eigenvalue weighted by atomic mass is 10.1. The van der Waals surface area contributed by atoms with Gasteiger partial charge >= 0.3 is 0 Å². The van der Waals surface area contributed by atoms with Crippen LogP contribution in [0.3, 0.4) is 0 Å². The maximum Gasteiger partial charge on any atom is 0.293 e. The fourth-order valence-electron chi connectivity index (χ4n) is 2.43. The van der Waals surface area contributed by atoms with Gasteiger partial charge in [-0.15, -0.1) is 0 Å². The predicted octanol–water partition coefficient (Wildman–Crippen LogP) is 3.26. The molecule has 0 bridgehead atoms. The third-order valence-corrected chi connectivity index (χ3v) is 4.58. The van der Waals surface area contributed by atoms with E-state index in [0.717, 1.165) is 22.9 Å². The van der Waals surface area contributed by atoms with Gasteiger partial charge in [0.05, 0.1) is 4.91 Å². The second-order valence-corrected chi connectivity index (χ2v) is 6.43. The first kappa shape index (κ1) is 17.3. The molecule has 2 aromatic carbocycles. The number of rotatable bonds is 6. The molecule has 128 valence electrons. The minimum absolute atomic E-state index is 0.230. The first-order chi connectivity index (χ1) is 12.2. The molecule has 2 N–H and O–H groups in total. The number of imide groups is 1. The molecule has 0 atom stereocenters. The molecule has 0 saturated carbocycles. The summed E-state index contributed by atoms with van der Waals surface area (Å²) in [6.07, 6.45) is 1.70. The van der Waals surface area contributed by atoms with Crippen molar-refractivity contribution in [2.24, 2.45) is 5.73 Å². The Balaban J connectivity index is 1.79. The van der Waals surface area contributed by atoms with E-state index in [4.69, 9.17) is 10.5 Å². The van der Waals surface area contributed by atoms with Crippen LogP contribution in [-0.2, 0) is 11.4 Å².